The fourth-order valence-corrected chi connectivity index (χ4v) is 4.76. The lowest BCUT2D eigenvalue weighted by atomic mass is 10.2. The van der Waals surface area contributed by atoms with E-state index in [1.165, 1.54) is 0 Å². The summed E-state index contributed by atoms with van der Waals surface area (Å²) in [6, 6.07) is 6.71. The number of hydrogen-bond acceptors (Lipinski definition) is 5. The van der Waals surface area contributed by atoms with Crippen LogP contribution in [0.5, 0.6) is 5.75 Å². The maximum Gasteiger partial charge on any atom is 0.243 e. The minimum Gasteiger partial charge on any atom is -0.491 e. The van der Waals surface area contributed by atoms with E-state index in [4.69, 9.17) is 9.47 Å². The molecule has 0 spiro atoms. The van der Waals surface area contributed by atoms with Gasteiger partial charge in [0.1, 0.15) is 5.75 Å². The fourth-order valence-electron chi connectivity index (χ4n) is 3.34. The van der Waals surface area contributed by atoms with Crippen LogP contribution in [0, 0.1) is 0 Å². The molecular weight excluding hydrogens is 340 g/mol. The first-order chi connectivity index (χ1) is 11.9. The van der Waals surface area contributed by atoms with E-state index in [0.717, 1.165) is 39.1 Å². The zero-order chi connectivity index (χ0) is 17.9. The van der Waals surface area contributed by atoms with E-state index in [1.54, 1.807) is 28.6 Å². The quantitative estimate of drug-likeness (QED) is 0.768. The van der Waals surface area contributed by atoms with Crippen LogP contribution in [-0.2, 0) is 14.8 Å². The molecule has 0 amide bonds. The Kier molecular flexibility index (Phi) is 5.99. The van der Waals surface area contributed by atoms with Gasteiger partial charge in [0.25, 0.3) is 0 Å². The molecule has 2 saturated heterocycles. The molecule has 0 aromatic heterocycles. The molecule has 1 unspecified atom stereocenters. The molecule has 0 bridgehead atoms. The summed E-state index contributed by atoms with van der Waals surface area (Å²) < 4.78 is 38.5. The van der Waals surface area contributed by atoms with Crippen LogP contribution in [0.3, 0.4) is 0 Å². The molecule has 0 radical (unpaired) electrons. The third-order valence-electron chi connectivity index (χ3n) is 4.65. The van der Waals surface area contributed by atoms with Crippen molar-refractivity contribution in [3.8, 4) is 5.75 Å². The number of piperazine rings is 1. The predicted molar refractivity (Wildman–Crippen MR) is 96.4 cm³/mol. The summed E-state index contributed by atoms with van der Waals surface area (Å²) in [7, 11) is -3.44. The summed E-state index contributed by atoms with van der Waals surface area (Å²) in [4.78, 5) is 2.64. The van der Waals surface area contributed by atoms with Crippen LogP contribution < -0.4 is 4.74 Å². The summed E-state index contributed by atoms with van der Waals surface area (Å²) >= 11 is 0. The number of ether oxygens (including phenoxy) is 2. The van der Waals surface area contributed by atoms with Crippen LogP contribution in [0.25, 0.3) is 0 Å². The van der Waals surface area contributed by atoms with Gasteiger partial charge in [-0.1, -0.05) is 0 Å². The van der Waals surface area contributed by atoms with Crippen molar-refractivity contribution >= 4 is 10.0 Å². The number of nitrogens with zero attached hydrogens (tertiary/aromatic N) is 2. The van der Waals surface area contributed by atoms with Gasteiger partial charge in [0.05, 0.1) is 17.1 Å². The second-order valence-electron chi connectivity index (χ2n) is 6.98. The molecule has 1 aromatic rings. The second kappa shape index (κ2) is 8.03. The molecule has 1 aromatic carbocycles. The van der Waals surface area contributed by atoms with Gasteiger partial charge in [-0.15, -0.1) is 0 Å². The van der Waals surface area contributed by atoms with Crippen molar-refractivity contribution in [3.05, 3.63) is 24.3 Å². The Balaban J connectivity index is 1.57. The molecule has 0 saturated carbocycles. The van der Waals surface area contributed by atoms with Crippen molar-refractivity contribution in [2.24, 2.45) is 0 Å². The predicted octanol–water partition coefficient (Wildman–Crippen LogP) is 1.96. The van der Waals surface area contributed by atoms with E-state index in [1.807, 2.05) is 13.8 Å². The van der Waals surface area contributed by atoms with Crippen LogP contribution in [0.4, 0.5) is 0 Å². The third-order valence-corrected chi connectivity index (χ3v) is 6.56. The first-order valence-corrected chi connectivity index (χ1v) is 10.5. The van der Waals surface area contributed by atoms with Crippen molar-refractivity contribution in [2.45, 2.75) is 43.8 Å². The van der Waals surface area contributed by atoms with E-state index in [2.05, 4.69) is 4.90 Å². The number of benzene rings is 1. The van der Waals surface area contributed by atoms with E-state index in [-0.39, 0.29) is 6.10 Å². The maximum atomic E-state index is 12.8. The van der Waals surface area contributed by atoms with Crippen molar-refractivity contribution in [3.63, 3.8) is 0 Å². The summed E-state index contributed by atoms with van der Waals surface area (Å²) in [6.07, 6.45) is 2.63. The van der Waals surface area contributed by atoms with Crippen LogP contribution in [-0.4, -0.2) is 69.2 Å². The topological polar surface area (TPSA) is 59.1 Å². The highest BCUT2D eigenvalue weighted by atomic mass is 32.2. The van der Waals surface area contributed by atoms with Gasteiger partial charge in [0, 0.05) is 39.3 Å². The van der Waals surface area contributed by atoms with Gasteiger partial charge >= 0.3 is 0 Å². The highest BCUT2D eigenvalue weighted by Gasteiger charge is 2.29. The molecular formula is C18H28N2O4S. The molecule has 2 heterocycles. The van der Waals surface area contributed by atoms with Crippen LogP contribution in [0.15, 0.2) is 29.2 Å². The van der Waals surface area contributed by atoms with Crippen molar-refractivity contribution in [1.29, 1.82) is 0 Å². The molecule has 7 heteroatoms. The zero-order valence-corrected chi connectivity index (χ0v) is 15.9. The molecule has 3 rings (SSSR count). The minimum atomic E-state index is -3.44. The van der Waals surface area contributed by atoms with E-state index >= 15 is 0 Å². The Morgan fingerprint density at radius 2 is 1.84 bits per heavy atom. The average molecular weight is 368 g/mol. The second-order valence-corrected chi connectivity index (χ2v) is 8.92. The fraction of sp³-hybridized carbons (Fsp3) is 0.667. The summed E-state index contributed by atoms with van der Waals surface area (Å²) in [5.74, 6) is 0.690. The molecule has 140 valence electrons. The highest BCUT2D eigenvalue weighted by molar-refractivity contribution is 7.89. The lowest BCUT2D eigenvalue weighted by Gasteiger charge is -2.35. The van der Waals surface area contributed by atoms with Crippen molar-refractivity contribution in [2.75, 3.05) is 39.3 Å². The molecule has 2 aliphatic rings. The van der Waals surface area contributed by atoms with Gasteiger partial charge in [0.2, 0.25) is 10.0 Å². The molecule has 0 N–H and O–H groups in total. The summed E-state index contributed by atoms with van der Waals surface area (Å²) in [5, 5.41) is 0. The molecule has 2 aliphatic heterocycles. The maximum absolute atomic E-state index is 12.8. The average Bonchev–Trinajstić information content (AvgIpc) is 3.08. The van der Waals surface area contributed by atoms with Crippen LogP contribution in [0.1, 0.15) is 26.7 Å². The van der Waals surface area contributed by atoms with Gasteiger partial charge in [-0.3, -0.25) is 4.90 Å². The monoisotopic (exact) mass is 368 g/mol. The largest absolute Gasteiger partial charge is 0.491 e. The number of hydrogen-bond donors (Lipinski definition) is 0. The lowest BCUT2D eigenvalue weighted by molar-refractivity contribution is 0.0617. The van der Waals surface area contributed by atoms with Gasteiger partial charge in [-0.2, -0.15) is 4.31 Å². The van der Waals surface area contributed by atoms with E-state index in [9.17, 15) is 8.42 Å². The van der Waals surface area contributed by atoms with Gasteiger partial charge in [-0.25, -0.2) is 8.42 Å². The summed E-state index contributed by atoms with van der Waals surface area (Å²) in [5.41, 5.74) is 0. The Morgan fingerprint density at radius 1 is 1.16 bits per heavy atom. The Hall–Kier alpha value is -1.15. The Morgan fingerprint density at radius 3 is 2.40 bits per heavy atom. The Labute approximate surface area is 150 Å². The molecule has 0 aliphatic carbocycles. The van der Waals surface area contributed by atoms with Crippen molar-refractivity contribution in [1.82, 2.24) is 9.21 Å². The lowest BCUT2D eigenvalue weighted by Crippen LogP contribution is -2.50. The van der Waals surface area contributed by atoms with Gasteiger partial charge in [0.15, 0.2) is 0 Å². The normalized spacial score (nSPS) is 23.2. The molecule has 2 fully saturated rings. The molecule has 1 atom stereocenters. The zero-order valence-electron chi connectivity index (χ0n) is 15.1. The highest BCUT2D eigenvalue weighted by Crippen LogP contribution is 2.22. The van der Waals surface area contributed by atoms with Gasteiger partial charge in [-0.05, 0) is 51.0 Å². The third kappa shape index (κ3) is 4.73. The van der Waals surface area contributed by atoms with Gasteiger partial charge < -0.3 is 9.47 Å². The number of sulfonamides is 1. The van der Waals surface area contributed by atoms with Crippen molar-refractivity contribution < 1.29 is 17.9 Å². The Bertz CT molecular complexity index is 646. The van der Waals surface area contributed by atoms with E-state index < -0.39 is 10.0 Å². The van der Waals surface area contributed by atoms with Crippen LogP contribution in [0.2, 0.25) is 0 Å². The molecule has 6 nitrogen and oxygen atoms in total. The minimum absolute atomic E-state index is 0.0689. The van der Waals surface area contributed by atoms with E-state index in [0.29, 0.717) is 29.8 Å². The van der Waals surface area contributed by atoms with Crippen LogP contribution >= 0.6 is 0 Å². The SMILES string of the molecule is CC(C)Oc1ccc(S(=O)(=O)N2CCN(CC3CCCO3)CC2)cc1. The molecule has 25 heavy (non-hydrogen) atoms. The number of rotatable bonds is 6. The summed E-state index contributed by atoms with van der Waals surface area (Å²) in [6.45, 7) is 8.23. The smallest absolute Gasteiger partial charge is 0.243 e. The first kappa shape index (κ1) is 18.6. The first-order valence-electron chi connectivity index (χ1n) is 9.06. The standard InChI is InChI=1S/C18H28N2O4S/c1-15(2)24-16-5-7-18(8-6-16)25(21,22)20-11-9-19(10-12-20)14-17-4-3-13-23-17/h5-8,15,17H,3-4,9-14H2,1-2H3.